The van der Waals surface area contributed by atoms with E-state index < -0.39 is 6.10 Å². The van der Waals surface area contributed by atoms with E-state index in [0.717, 1.165) is 0 Å². The van der Waals surface area contributed by atoms with Crippen LogP contribution in [0.15, 0.2) is 48.5 Å². The molecule has 0 aromatic heterocycles. The molecular formula is C20H24N2O5. The van der Waals surface area contributed by atoms with E-state index in [4.69, 9.17) is 9.47 Å². The molecule has 0 fully saturated rings. The van der Waals surface area contributed by atoms with Crippen LogP contribution >= 0.6 is 0 Å². The summed E-state index contributed by atoms with van der Waals surface area (Å²) in [5, 5.41) is 15.7. The van der Waals surface area contributed by atoms with Crippen LogP contribution in [0.4, 0.5) is 0 Å². The second-order valence-corrected chi connectivity index (χ2v) is 5.80. The number of carbonyl (C=O) groups excluding carboxylic acids is 2. The summed E-state index contributed by atoms with van der Waals surface area (Å²) >= 11 is 0. The molecule has 0 aliphatic carbocycles. The molecule has 7 heteroatoms. The second kappa shape index (κ2) is 10.2. The number of aliphatic hydroxyl groups is 1. The maximum absolute atomic E-state index is 11.9. The van der Waals surface area contributed by atoms with E-state index in [2.05, 4.69) is 10.6 Å². The average molecular weight is 372 g/mol. The lowest BCUT2D eigenvalue weighted by Crippen LogP contribution is -2.32. The highest BCUT2D eigenvalue weighted by atomic mass is 16.5. The van der Waals surface area contributed by atoms with Crippen LogP contribution in [-0.4, -0.2) is 44.2 Å². The zero-order valence-corrected chi connectivity index (χ0v) is 15.4. The van der Waals surface area contributed by atoms with Crippen molar-refractivity contribution in [3.8, 4) is 11.5 Å². The Bertz CT molecular complexity index is 764. The Morgan fingerprint density at radius 1 is 1.04 bits per heavy atom. The lowest BCUT2D eigenvalue weighted by atomic mass is 10.1. The van der Waals surface area contributed by atoms with Gasteiger partial charge in [-0.25, -0.2) is 0 Å². The molecule has 0 radical (unpaired) electrons. The van der Waals surface area contributed by atoms with Gasteiger partial charge in [-0.15, -0.1) is 0 Å². The van der Waals surface area contributed by atoms with Gasteiger partial charge in [-0.2, -0.15) is 0 Å². The lowest BCUT2D eigenvalue weighted by Gasteiger charge is -2.16. The summed E-state index contributed by atoms with van der Waals surface area (Å²) in [5.41, 5.74) is 1.06. The number of ether oxygens (including phenoxy) is 2. The van der Waals surface area contributed by atoms with Crippen molar-refractivity contribution < 1.29 is 24.2 Å². The van der Waals surface area contributed by atoms with Crippen molar-refractivity contribution in [2.75, 3.05) is 27.3 Å². The molecule has 0 heterocycles. The van der Waals surface area contributed by atoms with E-state index in [1.807, 2.05) is 6.07 Å². The molecule has 0 saturated heterocycles. The molecule has 144 valence electrons. The van der Waals surface area contributed by atoms with Crippen LogP contribution in [0.25, 0.3) is 0 Å². The fraction of sp³-hybridized carbons (Fsp3) is 0.300. The lowest BCUT2D eigenvalue weighted by molar-refractivity contribution is -0.121. The molecule has 2 aromatic carbocycles. The van der Waals surface area contributed by atoms with E-state index in [0.29, 0.717) is 22.6 Å². The van der Waals surface area contributed by atoms with Gasteiger partial charge >= 0.3 is 0 Å². The van der Waals surface area contributed by atoms with Crippen molar-refractivity contribution in [1.82, 2.24) is 10.6 Å². The van der Waals surface area contributed by atoms with Crippen LogP contribution in [-0.2, 0) is 4.79 Å². The third-order valence-corrected chi connectivity index (χ3v) is 3.96. The zero-order chi connectivity index (χ0) is 19.6. The zero-order valence-electron chi connectivity index (χ0n) is 15.4. The van der Waals surface area contributed by atoms with E-state index in [9.17, 15) is 14.7 Å². The fourth-order valence-corrected chi connectivity index (χ4v) is 2.49. The predicted octanol–water partition coefficient (Wildman–Crippen LogP) is 1.67. The quantitative estimate of drug-likeness (QED) is 0.622. The van der Waals surface area contributed by atoms with Gasteiger partial charge in [0.05, 0.1) is 20.3 Å². The van der Waals surface area contributed by atoms with Gasteiger partial charge in [0.1, 0.15) is 11.5 Å². The van der Waals surface area contributed by atoms with Crippen molar-refractivity contribution >= 4 is 11.8 Å². The molecule has 2 rings (SSSR count). The Labute approximate surface area is 158 Å². The molecule has 27 heavy (non-hydrogen) atoms. The van der Waals surface area contributed by atoms with Crippen molar-refractivity contribution in [2.45, 2.75) is 12.5 Å². The highest BCUT2D eigenvalue weighted by Gasteiger charge is 2.16. The SMILES string of the molecule is COc1ccc(OC)c(C(O)CNC(=O)CCNC(=O)c2ccccc2)c1. The highest BCUT2D eigenvalue weighted by Crippen LogP contribution is 2.29. The first kappa shape index (κ1) is 20.3. The number of methoxy groups -OCH3 is 2. The molecule has 1 unspecified atom stereocenters. The first-order chi connectivity index (χ1) is 13.0. The predicted molar refractivity (Wildman–Crippen MR) is 101 cm³/mol. The number of amides is 2. The highest BCUT2D eigenvalue weighted by molar-refractivity contribution is 5.94. The van der Waals surface area contributed by atoms with Crippen LogP contribution < -0.4 is 20.1 Å². The van der Waals surface area contributed by atoms with Gasteiger partial charge in [-0.1, -0.05) is 18.2 Å². The number of hydrogen-bond donors (Lipinski definition) is 3. The Morgan fingerprint density at radius 2 is 1.78 bits per heavy atom. The Morgan fingerprint density at radius 3 is 2.44 bits per heavy atom. The molecule has 0 saturated carbocycles. The van der Waals surface area contributed by atoms with Crippen LogP contribution in [0.3, 0.4) is 0 Å². The molecule has 0 aliphatic rings. The van der Waals surface area contributed by atoms with Crippen LogP contribution in [0.2, 0.25) is 0 Å². The number of rotatable bonds is 9. The molecule has 2 amide bonds. The normalized spacial score (nSPS) is 11.4. The third-order valence-electron chi connectivity index (χ3n) is 3.96. The molecule has 0 bridgehead atoms. The van der Waals surface area contributed by atoms with Crippen molar-refractivity contribution in [1.29, 1.82) is 0 Å². The van der Waals surface area contributed by atoms with Gasteiger partial charge in [-0.05, 0) is 30.3 Å². The first-order valence-corrected chi connectivity index (χ1v) is 8.55. The van der Waals surface area contributed by atoms with E-state index >= 15 is 0 Å². The van der Waals surface area contributed by atoms with Gasteiger partial charge in [0, 0.05) is 30.6 Å². The Kier molecular flexibility index (Phi) is 7.63. The van der Waals surface area contributed by atoms with Gasteiger partial charge in [0.25, 0.3) is 5.91 Å². The number of carbonyl (C=O) groups is 2. The molecule has 0 aliphatic heterocycles. The minimum atomic E-state index is -0.946. The number of nitrogens with one attached hydrogen (secondary N) is 2. The summed E-state index contributed by atoms with van der Waals surface area (Å²) in [7, 11) is 3.04. The van der Waals surface area contributed by atoms with Crippen molar-refractivity contribution in [3.63, 3.8) is 0 Å². The molecule has 7 nitrogen and oxygen atoms in total. The summed E-state index contributed by atoms with van der Waals surface area (Å²) in [6.45, 7) is 0.229. The van der Waals surface area contributed by atoms with Crippen molar-refractivity contribution in [2.24, 2.45) is 0 Å². The summed E-state index contributed by atoms with van der Waals surface area (Å²) in [6.07, 6.45) is -0.835. The van der Waals surface area contributed by atoms with Crippen LogP contribution in [0.1, 0.15) is 28.4 Å². The minimum absolute atomic E-state index is 0.0228. The third kappa shape index (κ3) is 6.00. The molecule has 0 spiro atoms. The summed E-state index contributed by atoms with van der Waals surface area (Å²) in [5.74, 6) is 0.585. The Balaban J connectivity index is 1.79. The van der Waals surface area contributed by atoms with E-state index in [1.165, 1.54) is 14.2 Å². The first-order valence-electron chi connectivity index (χ1n) is 8.55. The summed E-state index contributed by atoms with van der Waals surface area (Å²) in [6, 6.07) is 13.9. The number of hydrogen-bond acceptors (Lipinski definition) is 5. The molecular weight excluding hydrogens is 348 g/mol. The van der Waals surface area contributed by atoms with Gasteiger partial charge < -0.3 is 25.2 Å². The maximum Gasteiger partial charge on any atom is 0.251 e. The van der Waals surface area contributed by atoms with Crippen LogP contribution in [0, 0.1) is 0 Å². The van der Waals surface area contributed by atoms with Crippen LogP contribution in [0.5, 0.6) is 11.5 Å². The summed E-state index contributed by atoms with van der Waals surface area (Å²) < 4.78 is 10.4. The second-order valence-electron chi connectivity index (χ2n) is 5.80. The Hall–Kier alpha value is -3.06. The van der Waals surface area contributed by atoms with E-state index in [-0.39, 0.29) is 31.3 Å². The number of aliphatic hydroxyl groups excluding tert-OH is 1. The minimum Gasteiger partial charge on any atom is -0.497 e. The molecule has 3 N–H and O–H groups in total. The maximum atomic E-state index is 11.9. The monoisotopic (exact) mass is 372 g/mol. The molecule has 2 aromatic rings. The molecule has 1 atom stereocenters. The van der Waals surface area contributed by atoms with Crippen molar-refractivity contribution in [3.05, 3.63) is 59.7 Å². The number of benzene rings is 2. The largest absolute Gasteiger partial charge is 0.497 e. The van der Waals surface area contributed by atoms with Gasteiger partial charge in [0.2, 0.25) is 5.91 Å². The fourth-order valence-electron chi connectivity index (χ4n) is 2.49. The average Bonchev–Trinajstić information content (AvgIpc) is 2.72. The smallest absolute Gasteiger partial charge is 0.251 e. The topological polar surface area (TPSA) is 96.9 Å². The van der Waals surface area contributed by atoms with Gasteiger partial charge in [-0.3, -0.25) is 9.59 Å². The van der Waals surface area contributed by atoms with Gasteiger partial charge in [0.15, 0.2) is 0 Å². The summed E-state index contributed by atoms with van der Waals surface area (Å²) in [4.78, 5) is 23.8. The van der Waals surface area contributed by atoms with E-state index in [1.54, 1.807) is 42.5 Å². The standard InChI is InChI=1S/C20H24N2O5/c1-26-15-8-9-18(27-2)16(12-15)17(23)13-22-19(24)10-11-21-20(25)14-6-4-3-5-7-14/h3-9,12,17,23H,10-11,13H2,1-2H3,(H,21,25)(H,22,24).